The zero-order chi connectivity index (χ0) is 25.0. The van der Waals surface area contributed by atoms with E-state index in [9.17, 15) is 47.9 Å². The number of alkyl halides is 9. The lowest BCUT2D eigenvalue weighted by atomic mass is 10.1. The van der Waals surface area contributed by atoms with Crippen LogP contribution < -0.4 is 4.72 Å². The first kappa shape index (κ1) is 24.9. The Morgan fingerprint density at radius 1 is 0.879 bits per heavy atom. The van der Waals surface area contributed by atoms with E-state index in [4.69, 9.17) is 0 Å². The van der Waals surface area contributed by atoms with Crippen LogP contribution in [0.25, 0.3) is 10.4 Å². The van der Waals surface area contributed by atoms with Gasteiger partial charge in [-0.15, -0.1) is 11.3 Å². The van der Waals surface area contributed by atoms with E-state index in [-0.39, 0.29) is 23.1 Å². The Morgan fingerprint density at radius 3 is 1.91 bits per heavy atom. The molecule has 0 fully saturated rings. The quantitative estimate of drug-likeness (QED) is 0.427. The van der Waals surface area contributed by atoms with Crippen molar-refractivity contribution in [3.63, 3.8) is 0 Å². The normalized spacial score (nSPS) is 13.4. The van der Waals surface area contributed by atoms with Gasteiger partial charge < -0.3 is 0 Å². The van der Waals surface area contributed by atoms with Gasteiger partial charge >= 0.3 is 18.5 Å². The monoisotopic (exact) mass is 523 g/mol. The van der Waals surface area contributed by atoms with Crippen molar-refractivity contribution in [3.05, 3.63) is 53.3 Å². The third-order valence-electron chi connectivity index (χ3n) is 4.16. The van der Waals surface area contributed by atoms with E-state index >= 15 is 0 Å². The fraction of sp³-hybridized carbons (Fsp3) is 0.235. The van der Waals surface area contributed by atoms with E-state index in [0.717, 1.165) is 25.4 Å². The molecule has 0 amide bonds. The van der Waals surface area contributed by atoms with E-state index in [1.165, 1.54) is 0 Å². The summed E-state index contributed by atoms with van der Waals surface area (Å²) in [6.45, 7) is 0. The molecule has 0 atom stereocenters. The number of halogens is 9. The number of aryl methyl sites for hydroxylation is 1. The Bertz CT molecular complexity index is 1250. The van der Waals surface area contributed by atoms with Crippen molar-refractivity contribution < 1.29 is 47.9 Å². The summed E-state index contributed by atoms with van der Waals surface area (Å²) in [6, 6.07) is 2.04. The SMILES string of the molecule is Cn1ncc(-c2ccc(S(=O)(=O)Nc3cc(C(F)(F)F)cc(C(F)(F)F)c3)s2)c1C(F)(F)F. The Balaban J connectivity index is 2.01. The van der Waals surface area contributed by atoms with Crippen LogP contribution >= 0.6 is 11.3 Å². The molecule has 16 heteroatoms. The van der Waals surface area contributed by atoms with Crippen molar-refractivity contribution in [1.82, 2.24) is 9.78 Å². The molecule has 0 aliphatic carbocycles. The summed E-state index contributed by atoms with van der Waals surface area (Å²) >= 11 is 0.327. The lowest BCUT2D eigenvalue weighted by Crippen LogP contribution is -2.15. The first-order valence-corrected chi connectivity index (χ1v) is 10.7. The van der Waals surface area contributed by atoms with Gasteiger partial charge in [-0.05, 0) is 30.3 Å². The van der Waals surface area contributed by atoms with Crippen molar-refractivity contribution >= 4 is 27.0 Å². The molecule has 0 saturated heterocycles. The van der Waals surface area contributed by atoms with Crippen molar-refractivity contribution in [2.45, 2.75) is 22.7 Å². The minimum absolute atomic E-state index is 0.171. The maximum atomic E-state index is 13.3. The Morgan fingerprint density at radius 2 is 1.42 bits per heavy atom. The number of nitrogens with zero attached hydrogens (tertiary/aromatic N) is 2. The molecule has 0 bridgehead atoms. The van der Waals surface area contributed by atoms with Crippen LogP contribution in [0.2, 0.25) is 0 Å². The number of benzene rings is 1. The minimum Gasteiger partial charge on any atom is -0.279 e. The molecule has 33 heavy (non-hydrogen) atoms. The summed E-state index contributed by atoms with van der Waals surface area (Å²) in [5, 5.41) is 3.49. The number of sulfonamides is 1. The summed E-state index contributed by atoms with van der Waals surface area (Å²) in [4.78, 5) is -0.184. The predicted octanol–water partition coefficient (Wildman–Crippen LogP) is 6.01. The van der Waals surface area contributed by atoms with E-state index in [1.54, 1.807) is 4.72 Å². The number of hydrogen-bond acceptors (Lipinski definition) is 4. The van der Waals surface area contributed by atoms with Crippen LogP contribution in [-0.2, 0) is 35.6 Å². The molecule has 0 aliphatic rings. The maximum absolute atomic E-state index is 13.3. The third-order valence-corrected chi connectivity index (χ3v) is 7.15. The smallest absolute Gasteiger partial charge is 0.279 e. The van der Waals surface area contributed by atoms with Crippen LogP contribution in [0.1, 0.15) is 16.8 Å². The molecular weight excluding hydrogens is 513 g/mol. The van der Waals surface area contributed by atoms with Gasteiger partial charge in [-0.25, -0.2) is 8.42 Å². The summed E-state index contributed by atoms with van der Waals surface area (Å²) < 4.78 is 144. The van der Waals surface area contributed by atoms with Gasteiger partial charge in [-0.1, -0.05) is 0 Å². The van der Waals surface area contributed by atoms with Gasteiger partial charge in [0.15, 0.2) is 5.69 Å². The molecule has 3 aromatic rings. The average molecular weight is 523 g/mol. The van der Waals surface area contributed by atoms with Crippen LogP contribution in [0.4, 0.5) is 45.2 Å². The van der Waals surface area contributed by atoms with Gasteiger partial charge in [0.1, 0.15) is 4.21 Å². The number of anilines is 1. The molecule has 0 saturated carbocycles. The number of hydrogen-bond donors (Lipinski definition) is 1. The number of rotatable bonds is 4. The molecule has 0 spiro atoms. The lowest BCUT2D eigenvalue weighted by molar-refractivity contribution is -0.144. The highest BCUT2D eigenvalue weighted by atomic mass is 32.2. The fourth-order valence-corrected chi connectivity index (χ4v) is 5.14. The molecule has 180 valence electrons. The predicted molar refractivity (Wildman–Crippen MR) is 98.8 cm³/mol. The molecule has 0 unspecified atom stereocenters. The Labute approximate surface area is 183 Å². The van der Waals surface area contributed by atoms with Crippen LogP contribution in [0, 0.1) is 0 Å². The number of thiophene rings is 1. The zero-order valence-corrected chi connectivity index (χ0v) is 17.5. The van der Waals surface area contributed by atoms with Gasteiger partial charge in [0, 0.05) is 17.5 Å². The molecule has 3 rings (SSSR count). The number of aromatic nitrogens is 2. The van der Waals surface area contributed by atoms with Gasteiger partial charge in [-0.2, -0.15) is 44.6 Å². The lowest BCUT2D eigenvalue weighted by Gasteiger charge is -2.15. The van der Waals surface area contributed by atoms with Gasteiger partial charge in [0.25, 0.3) is 10.0 Å². The van der Waals surface area contributed by atoms with E-state index in [0.29, 0.717) is 16.0 Å². The minimum atomic E-state index is -5.20. The van der Waals surface area contributed by atoms with Gasteiger partial charge in [0.05, 0.1) is 23.0 Å². The average Bonchev–Trinajstić information content (AvgIpc) is 3.26. The topological polar surface area (TPSA) is 64.0 Å². The van der Waals surface area contributed by atoms with E-state index in [2.05, 4.69) is 5.10 Å². The van der Waals surface area contributed by atoms with Gasteiger partial charge in [0.2, 0.25) is 0 Å². The molecule has 0 aliphatic heterocycles. The summed E-state index contributed by atoms with van der Waals surface area (Å²) in [5.41, 5.74) is -6.13. The highest BCUT2D eigenvalue weighted by Gasteiger charge is 2.39. The summed E-state index contributed by atoms with van der Waals surface area (Å²) in [7, 11) is -3.72. The van der Waals surface area contributed by atoms with Crippen molar-refractivity contribution in [1.29, 1.82) is 0 Å². The van der Waals surface area contributed by atoms with Gasteiger partial charge in [-0.3, -0.25) is 9.40 Å². The van der Waals surface area contributed by atoms with Crippen molar-refractivity contribution in [3.8, 4) is 10.4 Å². The maximum Gasteiger partial charge on any atom is 0.433 e. The van der Waals surface area contributed by atoms with Crippen LogP contribution in [0.3, 0.4) is 0 Å². The third kappa shape index (κ3) is 5.26. The van der Waals surface area contributed by atoms with E-state index in [1.807, 2.05) is 0 Å². The van der Waals surface area contributed by atoms with Crippen molar-refractivity contribution in [2.24, 2.45) is 7.05 Å². The van der Waals surface area contributed by atoms with Crippen LogP contribution in [0.5, 0.6) is 0 Å². The molecule has 2 heterocycles. The highest BCUT2D eigenvalue weighted by Crippen LogP contribution is 2.41. The first-order chi connectivity index (χ1) is 14.9. The van der Waals surface area contributed by atoms with Crippen molar-refractivity contribution in [2.75, 3.05) is 4.72 Å². The zero-order valence-electron chi connectivity index (χ0n) is 15.9. The molecule has 1 N–H and O–H groups in total. The number of nitrogens with one attached hydrogen (secondary N) is 1. The fourth-order valence-electron chi connectivity index (χ4n) is 2.78. The Kier molecular flexibility index (Phi) is 5.98. The van der Waals surface area contributed by atoms with E-state index < -0.39 is 60.8 Å². The molecule has 2 aromatic heterocycles. The second-order valence-corrected chi connectivity index (χ2v) is 9.54. The largest absolute Gasteiger partial charge is 0.433 e. The Hall–Kier alpha value is -2.75. The highest BCUT2D eigenvalue weighted by molar-refractivity contribution is 7.94. The molecular formula is C17H10F9N3O2S2. The van der Waals surface area contributed by atoms with Crippen LogP contribution in [0.15, 0.2) is 40.7 Å². The second-order valence-electron chi connectivity index (χ2n) is 6.55. The molecule has 5 nitrogen and oxygen atoms in total. The summed E-state index contributed by atoms with van der Waals surface area (Å²) in [5.74, 6) is 0. The standard InChI is InChI=1S/C17H10F9N3O2S2/c1-29-14(17(24,25)26)11(7-27-29)12-2-3-13(32-12)33(30,31)28-10-5-8(15(18,19)20)4-9(6-10)16(21,22)23/h2-7,28H,1H3. The summed E-state index contributed by atoms with van der Waals surface area (Å²) in [6.07, 6.45) is -14.4. The second kappa shape index (κ2) is 7.93. The molecule has 1 aromatic carbocycles. The first-order valence-electron chi connectivity index (χ1n) is 8.41. The molecule has 0 radical (unpaired) electrons. The van der Waals surface area contributed by atoms with Crippen LogP contribution in [-0.4, -0.2) is 18.2 Å².